The Morgan fingerprint density at radius 1 is 1.00 bits per heavy atom. The number of nitrogens with zero attached hydrogens (tertiary/aromatic N) is 2. The Hall–Kier alpha value is -3.45. The molecule has 0 saturated carbocycles. The summed E-state index contributed by atoms with van der Waals surface area (Å²) in [5, 5.41) is 5.05. The molecule has 0 spiro atoms. The first-order valence-corrected chi connectivity index (χ1v) is 11.3. The van der Waals surface area contributed by atoms with Crippen molar-refractivity contribution in [3.05, 3.63) is 70.4 Å². The Bertz CT molecular complexity index is 1170. The zero-order valence-electron chi connectivity index (χ0n) is 18.3. The zero-order chi connectivity index (χ0) is 22.5. The maximum atomic E-state index is 12.9. The predicted molar refractivity (Wildman–Crippen MR) is 129 cm³/mol. The predicted octanol–water partition coefficient (Wildman–Crippen LogP) is 5.43. The van der Waals surface area contributed by atoms with E-state index in [1.807, 2.05) is 60.0 Å². The van der Waals surface area contributed by atoms with E-state index in [9.17, 15) is 4.79 Å². The fraction of sp³-hybridized carbons (Fsp3) is 0.240. The molecular weight excluding hydrogens is 422 g/mol. The van der Waals surface area contributed by atoms with Crippen LogP contribution in [0, 0.1) is 0 Å². The fourth-order valence-corrected chi connectivity index (χ4v) is 4.45. The van der Waals surface area contributed by atoms with Crippen LogP contribution in [0.25, 0.3) is 0 Å². The number of fused-ring (bicyclic) bond motifs is 1. The minimum atomic E-state index is -0.320. The normalized spacial score (nSPS) is 15.2. The molecule has 0 aliphatic carbocycles. The molecular formula is C25H25N3O3S. The maximum Gasteiger partial charge on any atom is 0.230 e. The van der Waals surface area contributed by atoms with Crippen molar-refractivity contribution in [2.24, 2.45) is 9.98 Å². The first-order valence-electron chi connectivity index (χ1n) is 10.4. The molecule has 1 aromatic heterocycles. The number of ether oxygens (including phenoxy) is 2. The van der Waals surface area contributed by atoms with Crippen LogP contribution in [0.3, 0.4) is 0 Å². The molecule has 0 fully saturated rings. The molecule has 1 atom stereocenters. The molecule has 2 heterocycles. The number of nitrogens with one attached hydrogen (secondary N) is 1. The van der Waals surface area contributed by atoms with Gasteiger partial charge in [-0.05, 0) is 47.7 Å². The van der Waals surface area contributed by atoms with Gasteiger partial charge >= 0.3 is 0 Å². The molecule has 0 saturated heterocycles. The zero-order valence-corrected chi connectivity index (χ0v) is 19.1. The lowest BCUT2D eigenvalue weighted by molar-refractivity contribution is -0.119. The number of carbonyl (C=O) groups is 1. The van der Waals surface area contributed by atoms with Crippen LogP contribution in [0.2, 0.25) is 0 Å². The number of para-hydroxylation sites is 2. The number of thiophene rings is 1. The van der Waals surface area contributed by atoms with Crippen molar-refractivity contribution in [2.45, 2.75) is 25.7 Å². The fourth-order valence-electron chi connectivity index (χ4n) is 3.75. The van der Waals surface area contributed by atoms with Gasteiger partial charge in [0.25, 0.3) is 0 Å². The molecule has 0 radical (unpaired) electrons. The van der Waals surface area contributed by atoms with Gasteiger partial charge < -0.3 is 14.8 Å². The van der Waals surface area contributed by atoms with Gasteiger partial charge in [-0.15, -0.1) is 11.3 Å². The van der Waals surface area contributed by atoms with Gasteiger partial charge in [0.2, 0.25) is 5.91 Å². The smallest absolute Gasteiger partial charge is 0.230 e. The lowest BCUT2D eigenvalue weighted by Crippen LogP contribution is -2.38. The molecule has 164 valence electrons. The highest BCUT2D eigenvalue weighted by Crippen LogP contribution is 2.37. The first kappa shape index (κ1) is 21.8. The van der Waals surface area contributed by atoms with Gasteiger partial charge in [-0.25, -0.2) is 4.99 Å². The third-order valence-corrected chi connectivity index (χ3v) is 6.16. The van der Waals surface area contributed by atoms with E-state index in [-0.39, 0.29) is 11.8 Å². The number of aliphatic imine (C=N–C) groups is 2. The molecule has 7 heteroatoms. The number of hydrogen-bond acceptors (Lipinski definition) is 6. The van der Waals surface area contributed by atoms with Crippen LogP contribution in [0.4, 0.5) is 11.4 Å². The average molecular weight is 448 g/mol. The van der Waals surface area contributed by atoms with E-state index in [0.29, 0.717) is 30.2 Å². The van der Waals surface area contributed by atoms with E-state index in [1.54, 1.807) is 25.6 Å². The van der Waals surface area contributed by atoms with Gasteiger partial charge in [0.15, 0.2) is 11.5 Å². The summed E-state index contributed by atoms with van der Waals surface area (Å²) in [6.45, 7) is 2.06. The van der Waals surface area contributed by atoms with E-state index in [2.05, 4.69) is 12.2 Å². The lowest BCUT2D eigenvalue weighted by atomic mass is 9.90. The minimum absolute atomic E-state index is 0.105. The Labute approximate surface area is 191 Å². The summed E-state index contributed by atoms with van der Waals surface area (Å²) in [4.78, 5) is 23.7. The van der Waals surface area contributed by atoms with Crippen LogP contribution in [-0.4, -0.2) is 31.7 Å². The minimum Gasteiger partial charge on any atom is -0.493 e. The molecule has 4 rings (SSSR count). The molecule has 3 aromatic rings. The van der Waals surface area contributed by atoms with Crippen LogP contribution in [-0.2, 0) is 11.2 Å². The molecule has 2 aromatic carbocycles. The third-order valence-electron chi connectivity index (χ3n) is 5.28. The van der Waals surface area contributed by atoms with E-state index < -0.39 is 0 Å². The van der Waals surface area contributed by atoms with E-state index >= 15 is 0 Å². The van der Waals surface area contributed by atoms with Crippen LogP contribution in [0.1, 0.15) is 29.7 Å². The van der Waals surface area contributed by atoms with Crippen LogP contribution >= 0.6 is 11.3 Å². The summed E-state index contributed by atoms with van der Waals surface area (Å²) in [7, 11) is 3.22. The molecule has 0 bridgehead atoms. The standard InChI is InChI=1S/C25H25N3O3S/c1-4-18-24(16-11-12-21(30-2)22(14-16)31-3)25(27-20-10-6-5-9-19(20)26-18)28-23(29)15-17-8-7-13-32-17/h5-14,24H,4,15H2,1-3H3,(H,27,28,29). The van der Waals surface area contributed by atoms with Gasteiger partial charge in [-0.2, -0.15) is 0 Å². The second kappa shape index (κ2) is 9.78. The highest BCUT2D eigenvalue weighted by Gasteiger charge is 2.29. The molecule has 1 aliphatic heterocycles. The number of rotatable bonds is 6. The van der Waals surface area contributed by atoms with E-state index in [0.717, 1.165) is 27.5 Å². The summed E-state index contributed by atoms with van der Waals surface area (Å²) < 4.78 is 10.9. The van der Waals surface area contributed by atoms with Crippen molar-refractivity contribution < 1.29 is 14.3 Å². The second-order valence-corrected chi connectivity index (χ2v) is 8.33. The molecule has 1 aliphatic rings. The second-order valence-electron chi connectivity index (χ2n) is 7.29. The van der Waals surface area contributed by atoms with Crippen LogP contribution in [0.5, 0.6) is 11.5 Å². The van der Waals surface area contributed by atoms with Crippen LogP contribution in [0.15, 0.2) is 70.0 Å². The topological polar surface area (TPSA) is 72.3 Å². The van der Waals surface area contributed by atoms with Gasteiger partial charge in [-0.1, -0.05) is 31.2 Å². The molecule has 1 N–H and O–H groups in total. The van der Waals surface area contributed by atoms with Crippen molar-refractivity contribution in [3.63, 3.8) is 0 Å². The van der Waals surface area contributed by atoms with Gasteiger partial charge in [0.1, 0.15) is 5.84 Å². The van der Waals surface area contributed by atoms with Crippen molar-refractivity contribution in [2.75, 3.05) is 14.2 Å². The Morgan fingerprint density at radius 2 is 1.75 bits per heavy atom. The average Bonchev–Trinajstić information content (AvgIpc) is 3.26. The van der Waals surface area contributed by atoms with Gasteiger partial charge in [0, 0.05) is 10.6 Å². The molecule has 1 unspecified atom stereocenters. The highest BCUT2D eigenvalue weighted by atomic mass is 32.1. The molecule has 32 heavy (non-hydrogen) atoms. The molecule has 6 nitrogen and oxygen atoms in total. The summed E-state index contributed by atoms with van der Waals surface area (Å²) >= 11 is 1.56. The number of carbonyl (C=O) groups excluding carboxylic acids is 1. The Morgan fingerprint density at radius 3 is 2.41 bits per heavy atom. The third kappa shape index (κ3) is 4.57. The number of hydrogen-bond donors (Lipinski definition) is 1. The van der Waals surface area contributed by atoms with Crippen molar-refractivity contribution >= 4 is 40.2 Å². The number of amidine groups is 1. The maximum absolute atomic E-state index is 12.9. The number of amides is 1. The van der Waals surface area contributed by atoms with Crippen molar-refractivity contribution in [1.82, 2.24) is 5.32 Å². The number of methoxy groups -OCH3 is 2. The first-order chi connectivity index (χ1) is 15.6. The monoisotopic (exact) mass is 447 g/mol. The highest BCUT2D eigenvalue weighted by molar-refractivity contribution is 7.10. The summed E-state index contributed by atoms with van der Waals surface area (Å²) in [6.07, 6.45) is 1.00. The largest absolute Gasteiger partial charge is 0.493 e. The van der Waals surface area contributed by atoms with Gasteiger partial charge in [-0.3, -0.25) is 9.79 Å². The van der Waals surface area contributed by atoms with E-state index in [4.69, 9.17) is 19.5 Å². The summed E-state index contributed by atoms with van der Waals surface area (Å²) in [5.41, 5.74) is 3.36. The van der Waals surface area contributed by atoms with Crippen molar-refractivity contribution in [1.29, 1.82) is 0 Å². The van der Waals surface area contributed by atoms with Crippen LogP contribution < -0.4 is 14.8 Å². The SMILES string of the molecule is CCC1=Nc2ccccc2N=C(NC(=O)Cc2cccs2)C1c1ccc(OC)c(OC)c1. The molecule has 1 amide bonds. The van der Waals surface area contributed by atoms with Crippen molar-refractivity contribution in [3.8, 4) is 11.5 Å². The quantitative estimate of drug-likeness (QED) is 0.547. The lowest BCUT2D eigenvalue weighted by Gasteiger charge is -2.22. The van der Waals surface area contributed by atoms with E-state index in [1.165, 1.54) is 0 Å². The summed E-state index contributed by atoms with van der Waals surface area (Å²) in [5.74, 6) is 1.39. The summed E-state index contributed by atoms with van der Waals surface area (Å²) in [6, 6.07) is 17.4. The Kier molecular flexibility index (Phi) is 6.66. The Balaban J connectivity index is 1.79. The van der Waals surface area contributed by atoms with Gasteiger partial charge in [0.05, 0.1) is 37.9 Å². The number of benzene rings is 2.